The fourth-order valence-electron chi connectivity index (χ4n) is 2.68. The molecule has 0 bridgehead atoms. The molecule has 0 saturated heterocycles. The van der Waals surface area contributed by atoms with E-state index in [2.05, 4.69) is 17.2 Å². The number of hydrogen-bond acceptors (Lipinski definition) is 1. The highest BCUT2D eigenvalue weighted by molar-refractivity contribution is 5.75. The minimum Gasteiger partial charge on any atom is -0.335 e. The molecule has 0 spiro atoms. The van der Waals surface area contributed by atoms with Gasteiger partial charge in [-0.05, 0) is 30.5 Å². The van der Waals surface area contributed by atoms with E-state index in [0.717, 1.165) is 31.2 Å². The molecule has 102 valence electrons. The van der Waals surface area contributed by atoms with Crippen molar-refractivity contribution in [3.63, 3.8) is 0 Å². The van der Waals surface area contributed by atoms with Crippen LogP contribution in [-0.4, -0.2) is 12.6 Å². The highest BCUT2D eigenvalue weighted by Gasteiger charge is 2.37. The van der Waals surface area contributed by atoms with Crippen molar-refractivity contribution in [1.29, 1.82) is 0 Å². The first-order chi connectivity index (χ1) is 9.16. The quantitative estimate of drug-likeness (QED) is 0.804. The van der Waals surface area contributed by atoms with Crippen LogP contribution in [0.3, 0.4) is 0 Å². The van der Waals surface area contributed by atoms with Crippen molar-refractivity contribution in [2.75, 3.05) is 6.54 Å². The molecule has 0 aromatic heterocycles. The van der Waals surface area contributed by atoms with Crippen molar-refractivity contribution in [3.05, 3.63) is 48.3 Å². The summed E-state index contributed by atoms with van der Waals surface area (Å²) in [6.07, 6.45) is 5.40. The van der Waals surface area contributed by atoms with Crippen LogP contribution in [0.15, 0.2) is 36.9 Å². The minimum absolute atomic E-state index is 0.230. The second-order valence-corrected chi connectivity index (χ2v) is 4.92. The average Bonchev–Trinajstić information content (AvgIpc) is 2.86. The summed E-state index contributed by atoms with van der Waals surface area (Å²) in [4.78, 5) is 11.9. The van der Waals surface area contributed by atoms with Gasteiger partial charge in [-0.15, -0.1) is 6.58 Å². The first kappa shape index (κ1) is 13.6. The molecular formula is C15H19FN2O. The van der Waals surface area contributed by atoms with E-state index >= 15 is 0 Å². The molecule has 2 amide bonds. The van der Waals surface area contributed by atoms with Crippen LogP contribution in [-0.2, 0) is 5.54 Å². The minimum atomic E-state index is -0.437. The second-order valence-electron chi connectivity index (χ2n) is 4.92. The molecule has 1 aromatic rings. The Bertz CT molecular complexity index is 467. The maximum Gasteiger partial charge on any atom is 0.315 e. The van der Waals surface area contributed by atoms with Crippen LogP contribution < -0.4 is 10.6 Å². The smallest absolute Gasteiger partial charge is 0.315 e. The molecule has 0 unspecified atom stereocenters. The number of carbonyl (C=O) groups excluding carboxylic acids is 1. The van der Waals surface area contributed by atoms with Gasteiger partial charge in [0.25, 0.3) is 0 Å². The summed E-state index contributed by atoms with van der Waals surface area (Å²) >= 11 is 0. The van der Waals surface area contributed by atoms with Gasteiger partial charge in [-0.3, -0.25) is 0 Å². The zero-order valence-corrected chi connectivity index (χ0v) is 10.9. The molecule has 2 N–H and O–H groups in total. The van der Waals surface area contributed by atoms with Crippen molar-refractivity contribution in [2.24, 2.45) is 0 Å². The van der Waals surface area contributed by atoms with Crippen molar-refractivity contribution < 1.29 is 9.18 Å². The van der Waals surface area contributed by atoms with Gasteiger partial charge in [0.05, 0.1) is 5.54 Å². The topological polar surface area (TPSA) is 41.1 Å². The van der Waals surface area contributed by atoms with Gasteiger partial charge in [0.15, 0.2) is 0 Å². The number of urea groups is 1. The molecule has 1 aliphatic carbocycles. The Hall–Kier alpha value is -1.84. The van der Waals surface area contributed by atoms with Crippen LogP contribution in [0, 0.1) is 5.82 Å². The van der Waals surface area contributed by atoms with E-state index in [1.54, 1.807) is 12.1 Å². The molecule has 19 heavy (non-hydrogen) atoms. The summed E-state index contributed by atoms with van der Waals surface area (Å²) < 4.78 is 13.4. The standard InChI is InChI=1S/C15H19FN2O/c1-2-10-17-14(19)18-15(8-3-4-9-15)12-6-5-7-13(16)11-12/h2,5-7,11H,1,3-4,8-10H2,(H2,17,18,19). The summed E-state index contributed by atoms with van der Waals surface area (Å²) in [6, 6.07) is 6.27. The molecule has 1 aromatic carbocycles. The van der Waals surface area contributed by atoms with Gasteiger partial charge in [0.1, 0.15) is 5.82 Å². The van der Waals surface area contributed by atoms with Crippen LogP contribution in [0.5, 0.6) is 0 Å². The van der Waals surface area contributed by atoms with E-state index in [-0.39, 0.29) is 11.8 Å². The van der Waals surface area contributed by atoms with E-state index in [0.29, 0.717) is 6.54 Å². The Morgan fingerprint density at radius 2 is 2.16 bits per heavy atom. The van der Waals surface area contributed by atoms with Crippen LogP contribution in [0.1, 0.15) is 31.2 Å². The maximum atomic E-state index is 13.4. The number of hydrogen-bond donors (Lipinski definition) is 2. The van der Waals surface area contributed by atoms with E-state index < -0.39 is 5.54 Å². The molecule has 0 heterocycles. The van der Waals surface area contributed by atoms with Gasteiger partial charge in [-0.1, -0.05) is 31.1 Å². The van der Waals surface area contributed by atoms with Crippen molar-refractivity contribution in [1.82, 2.24) is 10.6 Å². The Kier molecular flexibility index (Phi) is 4.20. The monoisotopic (exact) mass is 262 g/mol. The third-order valence-corrected chi connectivity index (χ3v) is 3.59. The van der Waals surface area contributed by atoms with Gasteiger partial charge < -0.3 is 10.6 Å². The van der Waals surface area contributed by atoms with E-state index in [9.17, 15) is 9.18 Å². The SMILES string of the molecule is C=CCNC(=O)NC1(c2cccc(F)c2)CCCC1. The number of amides is 2. The average molecular weight is 262 g/mol. The normalized spacial score (nSPS) is 16.9. The maximum absolute atomic E-state index is 13.4. The lowest BCUT2D eigenvalue weighted by Gasteiger charge is -2.31. The van der Waals surface area contributed by atoms with E-state index in [1.165, 1.54) is 12.1 Å². The van der Waals surface area contributed by atoms with Crippen LogP contribution >= 0.6 is 0 Å². The number of nitrogens with one attached hydrogen (secondary N) is 2. The van der Waals surface area contributed by atoms with Crippen molar-refractivity contribution in [3.8, 4) is 0 Å². The molecule has 1 aliphatic rings. The first-order valence-corrected chi connectivity index (χ1v) is 6.59. The van der Waals surface area contributed by atoms with Crippen LogP contribution in [0.2, 0.25) is 0 Å². The first-order valence-electron chi connectivity index (χ1n) is 6.59. The summed E-state index contributed by atoms with van der Waals surface area (Å²) in [5, 5.41) is 5.71. The van der Waals surface area contributed by atoms with E-state index in [1.807, 2.05) is 6.07 Å². The highest BCUT2D eigenvalue weighted by atomic mass is 19.1. The Labute approximate surface area is 112 Å². The molecule has 2 rings (SSSR count). The second kappa shape index (κ2) is 5.87. The van der Waals surface area contributed by atoms with Gasteiger partial charge in [-0.25, -0.2) is 9.18 Å². The molecule has 3 nitrogen and oxygen atoms in total. The fourth-order valence-corrected chi connectivity index (χ4v) is 2.68. The van der Waals surface area contributed by atoms with Crippen molar-refractivity contribution in [2.45, 2.75) is 31.2 Å². The van der Waals surface area contributed by atoms with Crippen molar-refractivity contribution >= 4 is 6.03 Å². The zero-order valence-electron chi connectivity index (χ0n) is 10.9. The summed E-state index contributed by atoms with van der Waals surface area (Å²) in [5.74, 6) is -0.267. The Balaban J connectivity index is 2.18. The molecule has 0 atom stereocenters. The molecule has 1 saturated carbocycles. The molecule has 0 aliphatic heterocycles. The summed E-state index contributed by atoms with van der Waals surface area (Å²) in [7, 11) is 0. The lowest BCUT2D eigenvalue weighted by molar-refractivity contribution is 0.225. The molecule has 1 fully saturated rings. The van der Waals surface area contributed by atoms with Gasteiger partial charge >= 0.3 is 6.03 Å². The van der Waals surface area contributed by atoms with Gasteiger partial charge in [0, 0.05) is 6.54 Å². The zero-order chi connectivity index (χ0) is 13.7. The third kappa shape index (κ3) is 3.13. The Morgan fingerprint density at radius 1 is 1.42 bits per heavy atom. The molecule has 4 heteroatoms. The van der Waals surface area contributed by atoms with Gasteiger partial charge in [0.2, 0.25) is 0 Å². The molecule has 0 radical (unpaired) electrons. The van der Waals surface area contributed by atoms with Gasteiger partial charge in [-0.2, -0.15) is 0 Å². The lowest BCUT2D eigenvalue weighted by Crippen LogP contribution is -2.48. The Morgan fingerprint density at radius 3 is 2.79 bits per heavy atom. The number of benzene rings is 1. The summed E-state index contributed by atoms with van der Waals surface area (Å²) in [5.41, 5.74) is 0.409. The van der Waals surface area contributed by atoms with Crippen LogP contribution in [0.4, 0.5) is 9.18 Å². The highest BCUT2D eigenvalue weighted by Crippen LogP contribution is 2.38. The summed E-state index contributed by atoms with van der Waals surface area (Å²) in [6.45, 7) is 3.98. The molecular weight excluding hydrogens is 243 g/mol. The number of halogens is 1. The predicted molar refractivity (Wildman–Crippen MR) is 73.3 cm³/mol. The fraction of sp³-hybridized carbons (Fsp3) is 0.400. The lowest BCUT2D eigenvalue weighted by atomic mass is 9.88. The predicted octanol–water partition coefficient (Wildman–Crippen LogP) is 3.08. The third-order valence-electron chi connectivity index (χ3n) is 3.59. The number of rotatable bonds is 4. The van der Waals surface area contributed by atoms with Crippen LogP contribution in [0.25, 0.3) is 0 Å². The largest absolute Gasteiger partial charge is 0.335 e. The van der Waals surface area contributed by atoms with E-state index in [4.69, 9.17) is 0 Å². The number of carbonyl (C=O) groups is 1.